The third kappa shape index (κ3) is 4.56. The molecule has 1 saturated carbocycles. The van der Waals surface area contributed by atoms with Gasteiger partial charge in [-0.3, -0.25) is 4.79 Å². The molecule has 3 aromatic carbocycles. The SMILES string of the molecule is O=C(Nc1ccc2c(c1)CC1CCC(C2)C1NS(=O)(=O)c1ccccc1)c1ccc(F)cc1. The number of carbonyl (C=O) groups is 1. The Hall–Kier alpha value is -3.03. The lowest BCUT2D eigenvalue weighted by atomic mass is 9.93. The third-order valence-electron chi connectivity index (χ3n) is 6.80. The van der Waals surface area contributed by atoms with Gasteiger partial charge in [-0.2, -0.15) is 0 Å². The Morgan fingerprint density at radius 2 is 1.52 bits per heavy atom. The number of benzene rings is 3. The van der Waals surface area contributed by atoms with Crippen molar-refractivity contribution >= 4 is 21.6 Å². The Balaban J connectivity index is 1.34. The first-order valence-corrected chi connectivity index (χ1v) is 12.6. The lowest BCUT2D eigenvalue weighted by Crippen LogP contribution is -2.41. The molecule has 1 fully saturated rings. The van der Waals surface area contributed by atoms with Crippen LogP contribution >= 0.6 is 0 Å². The number of halogens is 1. The molecule has 3 aromatic rings. The van der Waals surface area contributed by atoms with Crippen molar-refractivity contribution < 1.29 is 17.6 Å². The summed E-state index contributed by atoms with van der Waals surface area (Å²) in [5.41, 5.74) is 3.41. The second-order valence-electron chi connectivity index (χ2n) is 8.91. The summed E-state index contributed by atoms with van der Waals surface area (Å²) in [6.45, 7) is 0. The maximum absolute atomic E-state index is 13.1. The van der Waals surface area contributed by atoms with Gasteiger partial charge in [-0.25, -0.2) is 17.5 Å². The number of anilines is 1. The van der Waals surface area contributed by atoms with Crippen LogP contribution in [0.2, 0.25) is 0 Å². The second-order valence-corrected chi connectivity index (χ2v) is 10.6. The maximum Gasteiger partial charge on any atom is 0.255 e. The van der Waals surface area contributed by atoms with Crippen LogP contribution in [0.3, 0.4) is 0 Å². The Bertz CT molecular complexity index is 1280. The van der Waals surface area contributed by atoms with Gasteiger partial charge in [0.2, 0.25) is 10.0 Å². The standard InChI is InChI=1S/C26H25FN2O3S/c27-22-11-8-17(9-12-22)26(30)28-23-13-10-18-14-19-6-7-20(15-21(18)16-23)25(19)29-33(31,32)24-4-2-1-3-5-24/h1-5,8-13,16,19-20,25,29H,6-7,14-15H2,(H,28,30). The minimum absolute atomic E-state index is 0.111. The van der Waals surface area contributed by atoms with Crippen LogP contribution in [-0.4, -0.2) is 20.4 Å². The predicted molar refractivity (Wildman–Crippen MR) is 125 cm³/mol. The Kier molecular flexibility index (Phi) is 5.76. The summed E-state index contributed by atoms with van der Waals surface area (Å²) in [6.07, 6.45) is 3.53. The molecule has 0 spiro atoms. The van der Waals surface area contributed by atoms with Gasteiger partial charge in [-0.1, -0.05) is 24.3 Å². The molecule has 1 amide bonds. The Labute approximate surface area is 193 Å². The summed E-state index contributed by atoms with van der Waals surface area (Å²) in [7, 11) is -3.58. The molecule has 5 rings (SSSR count). The molecule has 170 valence electrons. The number of carbonyl (C=O) groups excluding carboxylic acids is 1. The van der Waals surface area contributed by atoms with Crippen LogP contribution in [0.1, 0.15) is 34.3 Å². The highest BCUT2D eigenvalue weighted by Gasteiger charge is 2.41. The minimum Gasteiger partial charge on any atom is -0.322 e. The van der Waals surface area contributed by atoms with Crippen molar-refractivity contribution in [3.8, 4) is 0 Å². The van der Waals surface area contributed by atoms with E-state index in [-0.39, 0.29) is 34.5 Å². The van der Waals surface area contributed by atoms with Crippen molar-refractivity contribution in [2.24, 2.45) is 11.8 Å². The van der Waals surface area contributed by atoms with E-state index in [4.69, 9.17) is 0 Å². The highest BCUT2D eigenvalue weighted by atomic mass is 32.2. The Morgan fingerprint density at radius 1 is 0.848 bits per heavy atom. The number of hydrogen-bond acceptors (Lipinski definition) is 3. The van der Waals surface area contributed by atoms with E-state index in [1.165, 1.54) is 29.8 Å². The summed E-state index contributed by atoms with van der Waals surface area (Å²) in [5, 5.41) is 2.89. The number of fused-ring (bicyclic) bond motifs is 3. The number of nitrogens with one attached hydrogen (secondary N) is 2. The fraction of sp³-hybridized carbons (Fsp3) is 0.269. The zero-order valence-corrected chi connectivity index (χ0v) is 18.8. The van der Waals surface area contributed by atoms with Gasteiger partial charge in [0.1, 0.15) is 5.82 Å². The van der Waals surface area contributed by atoms with Crippen molar-refractivity contribution in [2.75, 3.05) is 5.32 Å². The van der Waals surface area contributed by atoms with Crippen molar-refractivity contribution in [3.05, 3.63) is 95.3 Å². The summed E-state index contributed by atoms with van der Waals surface area (Å²) >= 11 is 0. The van der Waals surface area contributed by atoms with Crippen LogP contribution in [-0.2, 0) is 22.9 Å². The van der Waals surface area contributed by atoms with Gasteiger partial charge in [0.05, 0.1) is 4.90 Å². The molecule has 0 heterocycles. The summed E-state index contributed by atoms with van der Waals surface area (Å²) in [5.74, 6) is -0.227. The molecule has 5 nitrogen and oxygen atoms in total. The van der Waals surface area contributed by atoms with Crippen LogP contribution in [0.4, 0.5) is 10.1 Å². The van der Waals surface area contributed by atoms with E-state index in [9.17, 15) is 17.6 Å². The molecule has 7 heteroatoms. The largest absolute Gasteiger partial charge is 0.322 e. The van der Waals surface area contributed by atoms with E-state index in [0.29, 0.717) is 11.3 Å². The first-order chi connectivity index (χ1) is 15.9. The van der Waals surface area contributed by atoms with Crippen molar-refractivity contribution in [3.63, 3.8) is 0 Å². The van der Waals surface area contributed by atoms with Gasteiger partial charge in [0.15, 0.2) is 0 Å². The smallest absolute Gasteiger partial charge is 0.255 e. The third-order valence-corrected chi connectivity index (χ3v) is 8.28. The number of hydrogen-bond donors (Lipinski definition) is 2. The first kappa shape index (κ1) is 21.8. The van der Waals surface area contributed by atoms with Gasteiger partial charge >= 0.3 is 0 Å². The molecule has 3 unspecified atom stereocenters. The lowest BCUT2D eigenvalue weighted by molar-refractivity contribution is 0.102. The normalized spacial score (nSPS) is 21.8. The molecule has 2 aliphatic carbocycles. The number of sulfonamides is 1. The van der Waals surface area contributed by atoms with Gasteiger partial charge in [0, 0.05) is 17.3 Å². The fourth-order valence-corrected chi connectivity index (χ4v) is 6.53. The highest BCUT2D eigenvalue weighted by Crippen LogP contribution is 2.41. The van der Waals surface area contributed by atoms with Crippen molar-refractivity contribution in [1.82, 2.24) is 4.72 Å². The molecular weight excluding hydrogens is 439 g/mol. The summed E-state index contributed by atoms with van der Waals surface area (Å²) in [4.78, 5) is 12.8. The quantitative estimate of drug-likeness (QED) is 0.582. The molecule has 33 heavy (non-hydrogen) atoms. The molecule has 0 aliphatic heterocycles. The average Bonchev–Trinajstić information content (AvgIpc) is 3.08. The highest BCUT2D eigenvalue weighted by molar-refractivity contribution is 7.89. The zero-order chi connectivity index (χ0) is 23.0. The number of rotatable bonds is 5. The number of amides is 1. The fourth-order valence-electron chi connectivity index (χ4n) is 5.13. The molecule has 2 bridgehead atoms. The van der Waals surface area contributed by atoms with E-state index in [2.05, 4.69) is 10.0 Å². The maximum atomic E-state index is 13.1. The first-order valence-electron chi connectivity index (χ1n) is 11.2. The van der Waals surface area contributed by atoms with Crippen molar-refractivity contribution in [2.45, 2.75) is 36.6 Å². The molecule has 2 aliphatic rings. The monoisotopic (exact) mass is 464 g/mol. The van der Waals surface area contributed by atoms with Crippen LogP contribution < -0.4 is 10.0 Å². The zero-order valence-electron chi connectivity index (χ0n) is 18.0. The lowest BCUT2D eigenvalue weighted by Gasteiger charge is -2.23. The van der Waals surface area contributed by atoms with E-state index >= 15 is 0 Å². The van der Waals surface area contributed by atoms with Gasteiger partial charge in [-0.05, 0) is 97.2 Å². The van der Waals surface area contributed by atoms with Crippen LogP contribution in [0, 0.1) is 17.7 Å². The van der Waals surface area contributed by atoms with Crippen LogP contribution in [0.25, 0.3) is 0 Å². The van der Waals surface area contributed by atoms with Gasteiger partial charge in [0.25, 0.3) is 5.91 Å². The summed E-state index contributed by atoms with van der Waals surface area (Å²) < 4.78 is 42.0. The van der Waals surface area contributed by atoms with Crippen molar-refractivity contribution in [1.29, 1.82) is 0 Å². The topological polar surface area (TPSA) is 75.3 Å². The predicted octanol–water partition coefficient (Wildman–Crippen LogP) is 4.55. The Morgan fingerprint density at radius 3 is 2.21 bits per heavy atom. The van der Waals surface area contributed by atoms with Gasteiger partial charge < -0.3 is 5.32 Å². The molecule has 0 saturated heterocycles. The minimum atomic E-state index is -3.58. The van der Waals surface area contributed by atoms with E-state index in [0.717, 1.165) is 31.2 Å². The van der Waals surface area contributed by atoms with E-state index in [1.54, 1.807) is 30.3 Å². The molecule has 0 radical (unpaired) electrons. The molecule has 3 atom stereocenters. The molecule has 0 aromatic heterocycles. The van der Waals surface area contributed by atoms with Gasteiger partial charge in [-0.15, -0.1) is 0 Å². The molecule has 2 N–H and O–H groups in total. The average molecular weight is 465 g/mol. The van der Waals surface area contributed by atoms with E-state index < -0.39 is 10.0 Å². The molecular formula is C26H25FN2O3S. The summed E-state index contributed by atoms with van der Waals surface area (Å²) in [6, 6.07) is 19.7. The van der Waals surface area contributed by atoms with Crippen LogP contribution in [0.5, 0.6) is 0 Å². The van der Waals surface area contributed by atoms with Crippen LogP contribution in [0.15, 0.2) is 77.7 Å². The van der Waals surface area contributed by atoms with E-state index in [1.807, 2.05) is 18.2 Å². The second kappa shape index (κ2) is 8.72.